The molecule has 0 saturated heterocycles. The number of rotatable bonds is 3. The van der Waals surface area contributed by atoms with Gasteiger partial charge >= 0.3 is 0 Å². The van der Waals surface area contributed by atoms with Gasteiger partial charge in [0, 0.05) is 7.05 Å². The number of benzene rings is 1. The molecule has 0 N–H and O–H groups in total. The van der Waals surface area contributed by atoms with E-state index >= 15 is 0 Å². The molecule has 74 valence electrons. The van der Waals surface area contributed by atoms with Crippen LogP contribution in [0.25, 0.3) is 0 Å². The lowest BCUT2D eigenvalue weighted by Crippen LogP contribution is -1.96. The second kappa shape index (κ2) is 5.38. The molecule has 1 aromatic rings. The number of nitrogens with zero attached hydrogens (tertiary/aromatic N) is 1. The molecule has 0 unspecified atom stereocenters. The summed E-state index contributed by atoms with van der Waals surface area (Å²) in [5.41, 5.74) is 3.52. The minimum atomic E-state index is 1.05. The van der Waals surface area contributed by atoms with E-state index in [4.69, 9.17) is 0 Å². The van der Waals surface area contributed by atoms with Crippen molar-refractivity contribution < 1.29 is 0 Å². The molecular formula is C13H17N. The molecular weight excluding hydrogens is 170 g/mol. The van der Waals surface area contributed by atoms with Crippen molar-refractivity contribution in [3.63, 3.8) is 0 Å². The molecule has 0 aliphatic heterocycles. The Balaban J connectivity index is 2.96. The highest BCUT2D eigenvalue weighted by molar-refractivity contribution is 6.08. The third-order valence-corrected chi connectivity index (χ3v) is 2.07. The van der Waals surface area contributed by atoms with E-state index < -0.39 is 0 Å². The van der Waals surface area contributed by atoms with Crippen LogP contribution in [0.15, 0.2) is 41.4 Å². The molecule has 0 fully saturated rings. The van der Waals surface area contributed by atoms with Crippen molar-refractivity contribution in [3.05, 3.63) is 47.5 Å². The Hall–Kier alpha value is -1.37. The van der Waals surface area contributed by atoms with Crippen molar-refractivity contribution in [1.82, 2.24) is 0 Å². The fourth-order valence-electron chi connectivity index (χ4n) is 1.33. The van der Waals surface area contributed by atoms with E-state index in [0.29, 0.717) is 0 Å². The smallest absolute Gasteiger partial charge is 0.0640 e. The van der Waals surface area contributed by atoms with Crippen molar-refractivity contribution in [2.45, 2.75) is 20.3 Å². The summed E-state index contributed by atoms with van der Waals surface area (Å²) < 4.78 is 0. The van der Waals surface area contributed by atoms with Crippen molar-refractivity contribution in [3.8, 4) is 0 Å². The van der Waals surface area contributed by atoms with E-state index in [1.807, 2.05) is 7.05 Å². The molecule has 0 aliphatic rings. The predicted molar refractivity (Wildman–Crippen MR) is 63.1 cm³/mol. The third-order valence-electron chi connectivity index (χ3n) is 2.07. The fourth-order valence-corrected chi connectivity index (χ4v) is 1.33. The molecule has 0 aliphatic carbocycles. The normalized spacial score (nSPS) is 12.4. The third kappa shape index (κ3) is 2.84. The van der Waals surface area contributed by atoms with Gasteiger partial charge in [-0.05, 0) is 31.1 Å². The lowest BCUT2D eigenvalue weighted by Gasteiger charge is -2.01. The molecule has 1 heteroatoms. The molecule has 0 saturated carbocycles. The van der Waals surface area contributed by atoms with E-state index in [-0.39, 0.29) is 0 Å². The van der Waals surface area contributed by atoms with Crippen LogP contribution in [0, 0.1) is 6.92 Å². The Kier molecular flexibility index (Phi) is 4.11. The van der Waals surface area contributed by atoms with Gasteiger partial charge in [-0.1, -0.05) is 36.8 Å². The predicted octanol–water partition coefficient (Wildman–Crippen LogP) is 3.38. The molecule has 1 nitrogen and oxygen atoms in total. The summed E-state index contributed by atoms with van der Waals surface area (Å²) in [6.07, 6.45) is 5.25. The van der Waals surface area contributed by atoms with Crippen LogP contribution in [-0.2, 0) is 0 Å². The lowest BCUT2D eigenvalue weighted by molar-refractivity contribution is 1.22. The Morgan fingerprint density at radius 2 is 2.21 bits per heavy atom. The van der Waals surface area contributed by atoms with Crippen LogP contribution in [-0.4, -0.2) is 12.8 Å². The van der Waals surface area contributed by atoms with Gasteiger partial charge in [-0.15, -0.1) is 0 Å². The standard InChI is InChI=1S/C13H17N/c1-4-5-9-13(14-3)12-8-6-7-11(2)10-12/h5-10H,4H2,1-3H3/b9-5-,14-13?. The molecule has 0 amide bonds. The summed E-state index contributed by atoms with van der Waals surface area (Å²) in [7, 11) is 1.83. The largest absolute Gasteiger partial charge is 0.288 e. The van der Waals surface area contributed by atoms with E-state index in [1.165, 1.54) is 11.1 Å². The van der Waals surface area contributed by atoms with Crippen molar-refractivity contribution >= 4 is 5.71 Å². The first kappa shape index (κ1) is 10.7. The number of hydrogen-bond acceptors (Lipinski definition) is 1. The van der Waals surface area contributed by atoms with Crippen molar-refractivity contribution in [2.75, 3.05) is 7.05 Å². The zero-order valence-corrected chi connectivity index (χ0v) is 9.12. The van der Waals surface area contributed by atoms with Gasteiger partial charge in [0.05, 0.1) is 5.71 Å². The van der Waals surface area contributed by atoms with Crippen molar-refractivity contribution in [1.29, 1.82) is 0 Å². The maximum Gasteiger partial charge on any atom is 0.0640 e. The highest BCUT2D eigenvalue weighted by Gasteiger charge is 1.97. The van der Waals surface area contributed by atoms with Gasteiger partial charge in [0.2, 0.25) is 0 Å². The van der Waals surface area contributed by atoms with Crippen LogP contribution < -0.4 is 0 Å². The highest BCUT2D eigenvalue weighted by atomic mass is 14.7. The zero-order valence-electron chi connectivity index (χ0n) is 9.12. The first-order valence-electron chi connectivity index (χ1n) is 4.98. The van der Waals surface area contributed by atoms with E-state index in [9.17, 15) is 0 Å². The van der Waals surface area contributed by atoms with Gasteiger partial charge in [-0.25, -0.2) is 0 Å². The van der Waals surface area contributed by atoms with Crippen molar-refractivity contribution in [2.24, 2.45) is 4.99 Å². The van der Waals surface area contributed by atoms with Crippen LogP contribution in [0.3, 0.4) is 0 Å². The summed E-state index contributed by atoms with van der Waals surface area (Å²) in [6, 6.07) is 8.41. The quantitative estimate of drug-likeness (QED) is 0.643. The zero-order chi connectivity index (χ0) is 10.4. The van der Waals surface area contributed by atoms with Gasteiger partial charge in [0.25, 0.3) is 0 Å². The average molecular weight is 187 g/mol. The molecule has 1 aromatic carbocycles. The summed E-state index contributed by atoms with van der Waals surface area (Å²) in [5.74, 6) is 0. The molecule has 14 heavy (non-hydrogen) atoms. The summed E-state index contributed by atoms with van der Waals surface area (Å²) in [6.45, 7) is 4.22. The Bertz CT molecular complexity index is 348. The molecule has 1 rings (SSSR count). The average Bonchev–Trinajstić information content (AvgIpc) is 2.19. The molecule has 0 spiro atoms. The van der Waals surface area contributed by atoms with Crippen LogP contribution in [0.4, 0.5) is 0 Å². The first-order chi connectivity index (χ1) is 6.77. The lowest BCUT2D eigenvalue weighted by atomic mass is 10.1. The maximum atomic E-state index is 4.27. The Morgan fingerprint density at radius 3 is 2.79 bits per heavy atom. The summed E-state index contributed by atoms with van der Waals surface area (Å²) in [5, 5.41) is 0. The summed E-state index contributed by atoms with van der Waals surface area (Å²) >= 11 is 0. The summed E-state index contributed by atoms with van der Waals surface area (Å²) in [4.78, 5) is 4.27. The minimum absolute atomic E-state index is 1.05. The van der Waals surface area contributed by atoms with Gasteiger partial charge < -0.3 is 0 Å². The first-order valence-corrected chi connectivity index (χ1v) is 4.98. The molecule has 0 bridgehead atoms. The molecule has 0 atom stereocenters. The van der Waals surface area contributed by atoms with Crippen LogP contribution in [0.2, 0.25) is 0 Å². The van der Waals surface area contributed by atoms with Gasteiger partial charge in [-0.2, -0.15) is 0 Å². The van der Waals surface area contributed by atoms with Crippen LogP contribution in [0.1, 0.15) is 24.5 Å². The van der Waals surface area contributed by atoms with E-state index in [0.717, 1.165) is 12.1 Å². The number of hydrogen-bond donors (Lipinski definition) is 0. The van der Waals surface area contributed by atoms with Gasteiger partial charge in [0.1, 0.15) is 0 Å². The number of aryl methyl sites for hydroxylation is 1. The second-order valence-electron chi connectivity index (χ2n) is 3.29. The minimum Gasteiger partial charge on any atom is -0.288 e. The monoisotopic (exact) mass is 187 g/mol. The molecule has 0 radical (unpaired) electrons. The SMILES string of the molecule is CC/C=C\C(=NC)c1cccc(C)c1. The van der Waals surface area contributed by atoms with Crippen LogP contribution in [0.5, 0.6) is 0 Å². The Morgan fingerprint density at radius 1 is 1.43 bits per heavy atom. The van der Waals surface area contributed by atoms with E-state index in [1.54, 1.807) is 0 Å². The fraction of sp³-hybridized carbons (Fsp3) is 0.308. The van der Waals surface area contributed by atoms with Gasteiger partial charge in [0.15, 0.2) is 0 Å². The second-order valence-corrected chi connectivity index (χ2v) is 3.29. The molecule has 0 heterocycles. The maximum absolute atomic E-state index is 4.27. The topological polar surface area (TPSA) is 12.4 Å². The highest BCUT2D eigenvalue weighted by Crippen LogP contribution is 2.06. The number of aliphatic imine (C=N–C) groups is 1. The number of allylic oxidation sites excluding steroid dienone is 2. The molecule has 0 aromatic heterocycles. The van der Waals surface area contributed by atoms with E-state index in [2.05, 4.69) is 55.3 Å². The van der Waals surface area contributed by atoms with Gasteiger partial charge in [-0.3, -0.25) is 4.99 Å². The Labute approximate surface area is 86.2 Å². The van der Waals surface area contributed by atoms with Crippen LogP contribution >= 0.6 is 0 Å².